The molecule has 1 spiro atoms. The topological polar surface area (TPSA) is 54.5 Å². The number of benzene rings is 4. The molecule has 0 aromatic heterocycles. The quantitative estimate of drug-likeness (QED) is 0.251. The van der Waals surface area contributed by atoms with Crippen molar-refractivity contribution in [1.29, 1.82) is 0 Å². The van der Waals surface area contributed by atoms with E-state index >= 15 is 0 Å². The molecular weight excluding hydrogens is 477 g/mol. The first kappa shape index (κ1) is 22.5. The summed E-state index contributed by atoms with van der Waals surface area (Å²) < 4.78 is 13.8. The number of para-hydroxylation sites is 1. The minimum Gasteiger partial charge on any atom is -0.352 e. The summed E-state index contributed by atoms with van der Waals surface area (Å²) in [7, 11) is 0. The van der Waals surface area contributed by atoms with Crippen molar-refractivity contribution in [2.45, 2.75) is 18.0 Å². The number of ketones is 3. The Balaban J connectivity index is 1.54. The van der Waals surface area contributed by atoms with E-state index in [-0.39, 0.29) is 17.3 Å². The van der Waals surface area contributed by atoms with Gasteiger partial charge in [0.1, 0.15) is 17.3 Å². The SMILES string of the molecule is O=C(c1ccc(F)cc1)[C@H]1[C@H](c2ccccc2)C2(C(=O)c3ccccc3C2=O)C2C=Cc3ccccc3N21. The minimum absolute atomic E-state index is 0.262. The van der Waals surface area contributed by atoms with Crippen molar-refractivity contribution in [3.05, 3.63) is 143 Å². The molecule has 1 fully saturated rings. The van der Waals surface area contributed by atoms with Gasteiger partial charge in [-0.25, -0.2) is 4.39 Å². The van der Waals surface area contributed by atoms with Gasteiger partial charge in [-0.3, -0.25) is 14.4 Å². The number of rotatable bonds is 3. The highest BCUT2D eigenvalue weighted by molar-refractivity contribution is 6.32. The largest absolute Gasteiger partial charge is 0.352 e. The summed E-state index contributed by atoms with van der Waals surface area (Å²) in [6.45, 7) is 0. The predicted molar refractivity (Wildman–Crippen MR) is 143 cm³/mol. The molecule has 1 saturated heterocycles. The Hall–Kier alpha value is -4.64. The van der Waals surface area contributed by atoms with Gasteiger partial charge in [-0.15, -0.1) is 0 Å². The lowest BCUT2D eigenvalue weighted by atomic mass is 9.64. The minimum atomic E-state index is -1.53. The molecule has 2 heterocycles. The fourth-order valence-electron chi connectivity index (χ4n) is 6.74. The summed E-state index contributed by atoms with van der Waals surface area (Å²) >= 11 is 0. The van der Waals surface area contributed by atoms with E-state index in [1.807, 2.05) is 71.6 Å². The summed E-state index contributed by atoms with van der Waals surface area (Å²) in [5.74, 6) is -2.00. The second-order valence-corrected chi connectivity index (χ2v) is 10.0. The first-order valence-electron chi connectivity index (χ1n) is 12.6. The Morgan fingerprint density at radius 2 is 1.34 bits per heavy atom. The highest BCUT2D eigenvalue weighted by atomic mass is 19.1. The average molecular weight is 500 g/mol. The zero-order valence-corrected chi connectivity index (χ0v) is 20.3. The molecule has 3 aliphatic rings. The molecular formula is C33H22FNO3. The maximum absolute atomic E-state index is 14.5. The van der Waals surface area contributed by atoms with E-state index in [9.17, 15) is 18.8 Å². The third-order valence-electron chi connectivity index (χ3n) is 8.27. The molecule has 0 N–H and O–H groups in total. The molecule has 0 radical (unpaired) electrons. The van der Waals surface area contributed by atoms with Crippen LogP contribution in [0.15, 0.2) is 109 Å². The van der Waals surface area contributed by atoms with Crippen LogP contribution in [0.25, 0.3) is 6.08 Å². The number of hydrogen-bond donors (Lipinski definition) is 0. The first-order chi connectivity index (χ1) is 18.5. The zero-order chi connectivity index (χ0) is 26.0. The second kappa shape index (κ2) is 8.18. The lowest BCUT2D eigenvalue weighted by Gasteiger charge is -2.37. The molecule has 2 aliphatic heterocycles. The van der Waals surface area contributed by atoms with Crippen molar-refractivity contribution in [1.82, 2.24) is 0 Å². The fraction of sp³-hybridized carbons (Fsp3) is 0.121. The van der Waals surface area contributed by atoms with Crippen LogP contribution in [0.2, 0.25) is 0 Å². The van der Waals surface area contributed by atoms with E-state index < -0.39 is 29.2 Å². The Kier molecular flexibility index (Phi) is 4.86. The van der Waals surface area contributed by atoms with Gasteiger partial charge in [0.2, 0.25) is 0 Å². The molecule has 0 bridgehead atoms. The van der Waals surface area contributed by atoms with Gasteiger partial charge in [-0.1, -0.05) is 84.9 Å². The van der Waals surface area contributed by atoms with Crippen LogP contribution in [0.5, 0.6) is 0 Å². The van der Waals surface area contributed by atoms with E-state index in [2.05, 4.69) is 0 Å². The molecule has 5 heteroatoms. The van der Waals surface area contributed by atoms with Crippen LogP contribution in [0.1, 0.15) is 48.1 Å². The number of Topliss-reactive ketones (excluding diaryl/α,β-unsaturated/α-hetero) is 3. The second-order valence-electron chi connectivity index (χ2n) is 10.0. The number of fused-ring (bicyclic) bond motifs is 5. The summed E-state index contributed by atoms with van der Waals surface area (Å²) in [5, 5.41) is 0. The molecule has 1 aliphatic carbocycles. The van der Waals surface area contributed by atoms with Crippen molar-refractivity contribution in [2.24, 2.45) is 5.41 Å². The normalized spacial score (nSPS) is 22.3. The van der Waals surface area contributed by atoms with E-state index in [0.717, 1.165) is 16.8 Å². The summed E-state index contributed by atoms with van der Waals surface area (Å²) in [6.07, 6.45) is 3.84. The smallest absolute Gasteiger partial charge is 0.185 e. The molecule has 1 unspecified atom stereocenters. The molecule has 184 valence electrons. The fourth-order valence-corrected chi connectivity index (χ4v) is 6.74. The predicted octanol–water partition coefficient (Wildman–Crippen LogP) is 6.14. The number of anilines is 1. The Labute approximate surface area is 219 Å². The van der Waals surface area contributed by atoms with Crippen molar-refractivity contribution >= 4 is 29.1 Å². The van der Waals surface area contributed by atoms with Crippen molar-refractivity contribution in [2.75, 3.05) is 4.90 Å². The van der Waals surface area contributed by atoms with Gasteiger partial charge in [0.05, 0.1) is 6.04 Å². The third kappa shape index (κ3) is 2.87. The van der Waals surface area contributed by atoms with Crippen LogP contribution in [-0.4, -0.2) is 29.4 Å². The van der Waals surface area contributed by atoms with E-state index in [1.54, 1.807) is 24.3 Å². The standard InChI is InChI=1S/C33H22FNO3/c34-23-17-14-22(15-18-23)30(36)29-28(21-9-2-1-3-10-21)33(31(37)24-11-5-6-12-25(24)32(33)38)27-19-16-20-8-4-7-13-26(20)35(27)29/h1-19,27-29H/t27?,28-,29+/m0/s1. The summed E-state index contributed by atoms with van der Waals surface area (Å²) in [6, 6.07) is 27.9. The Bertz CT molecular complexity index is 1620. The van der Waals surface area contributed by atoms with Gasteiger partial charge in [0, 0.05) is 28.3 Å². The molecule has 0 saturated carbocycles. The van der Waals surface area contributed by atoms with E-state index in [0.29, 0.717) is 16.7 Å². The van der Waals surface area contributed by atoms with Crippen LogP contribution >= 0.6 is 0 Å². The van der Waals surface area contributed by atoms with Crippen molar-refractivity contribution < 1.29 is 18.8 Å². The van der Waals surface area contributed by atoms with E-state index in [1.165, 1.54) is 24.3 Å². The molecule has 38 heavy (non-hydrogen) atoms. The molecule has 7 rings (SSSR count). The lowest BCUT2D eigenvalue weighted by Crippen LogP contribution is -2.48. The van der Waals surface area contributed by atoms with Crippen LogP contribution in [0.3, 0.4) is 0 Å². The summed E-state index contributed by atoms with van der Waals surface area (Å²) in [5.41, 5.74) is 2.00. The lowest BCUT2D eigenvalue weighted by molar-refractivity contribution is 0.0666. The van der Waals surface area contributed by atoms with Crippen molar-refractivity contribution in [3.8, 4) is 0 Å². The number of carbonyl (C=O) groups excluding carboxylic acids is 3. The maximum Gasteiger partial charge on any atom is 0.185 e. The number of halogens is 1. The van der Waals surface area contributed by atoms with Crippen molar-refractivity contribution in [3.63, 3.8) is 0 Å². The van der Waals surface area contributed by atoms with Crippen LogP contribution in [0.4, 0.5) is 10.1 Å². The highest BCUT2D eigenvalue weighted by Crippen LogP contribution is 2.60. The molecule has 0 amide bonds. The number of carbonyl (C=O) groups is 3. The number of nitrogens with zero attached hydrogens (tertiary/aromatic N) is 1. The molecule has 4 aromatic rings. The van der Waals surface area contributed by atoms with Gasteiger partial charge >= 0.3 is 0 Å². The van der Waals surface area contributed by atoms with E-state index in [4.69, 9.17) is 0 Å². The Morgan fingerprint density at radius 1 is 0.737 bits per heavy atom. The average Bonchev–Trinajstić information content (AvgIpc) is 3.40. The highest BCUT2D eigenvalue weighted by Gasteiger charge is 2.71. The Morgan fingerprint density at radius 3 is 2.03 bits per heavy atom. The van der Waals surface area contributed by atoms with Crippen LogP contribution in [0, 0.1) is 11.2 Å². The molecule has 3 atom stereocenters. The first-order valence-corrected chi connectivity index (χ1v) is 12.6. The number of hydrogen-bond acceptors (Lipinski definition) is 4. The third-order valence-corrected chi connectivity index (χ3v) is 8.27. The van der Waals surface area contributed by atoms with Gasteiger partial charge in [-0.05, 0) is 41.5 Å². The molecule has 4 nitrogen and oxygen atoms in total. The van der Waals surface area contributed by atoms with Crippen LogP contribution in [-0.2, 0) is 0 Å². The van der Waals surface area contributed by atoms with Gasteiger partial charge in [0.15, 0.2) is 17.3 Å². The van der Waals surface area contributed by atoms with Gasteiger partial charge < -0.3 is 4.90 Å². The molecule has 4 aromatic carbocycles. The van der Waals surface area contributed by atoms with Gasteiger partial charge in [-0.2, -0.15) is 0 Å². The van der Waals surface area contributed by atoms with Gasteiger partial charge in [0.25, 0.3) is 0 Å². The van der Waals surface area contributed by atoms with Crippen LogP contribution < -0.4 is 4.90 Å². The monoisotopic (exact) mass is 499 g/mol. The summed E-state index contributed by atoms with van der Waals surface area (Å²) in [4.78, 5) is 45.4. The maximum atomic E-state index is 14.5. The zero-order valence-electron chi connectivity index (χ0n) is 20.3.